The predicted octanol–water partition coefficient (Wildman–Crippen LogP) is 12.3. The van der Waals surface area contributed by atoms with E-state index >= 15 is 0 Å². The van der Waals surface area contributed by atoms with Gasteiger partial charge in [-0.15, -0.1) is 0 Å². The van der Waals surface area contributed by atoms with Crippen LogP contribution >= 0.6 is 0 Å². The Bertz CT molecular complexity index is 2780. The molecule has 2 aliphatic rings. The van der Waals surface area contributed by atoms with Crippen LogP contribution in [0.5, 0.6) is 0 Å². The van der Waals surface area contributed by atoms with Crippen molar-refractivity contribution in [1.82, 2.24) is 0 Å². The number of anilines is 6. The summed E-state index contributed by atoms with van der Waals surface area (Å²) < 4.78 is 0. The molecule has 8 aromatic rings. The summed E-state index contributed by atoms with van der Waals surface area (Å²) in [6, 6.07) is 63.8. The lowest BCUT2D eigenvalue weighted by Crippen LogP contribution is -2.61. The molecule has 2 aliphatic heterocycles. The highest BCUT2D eigenvalue weighted by Gasteiger charge is 2.44. The molecule has 0 aromatic heterocycles. The second-order valence-corrected chi connectivity index (χ2v) is 15.8. The minimum atomic E-state index is 0.0607. The van der Waals surface area contributed by atoms with Crippen molar-refractivity contribution in [2.24, 2.45) is 0 Å². The maximum atomic E-state index is 2.56. The minimum absolute atomic E-state index is 0.0607. The molecule has 2 heterocycles. The van der Waals surface area contributed by atoms with Gasteiger partial charge in [0, 0.05) is 34.0 Å². The Morgan fingerprint density at radius 3 is 1.38 bits per heavy atom. The van der Waals surface area contributed by atoms with E-state index in [1.54, 1.807) is 0 Å². The van der Waals surface area contributed by atoms with Crippen LogP contribution in [0.4, 0.5) is 34.1 Å². The molecule has 56 heavy (non-hydrogen) atoms. The molecular weight excluding hydrogens is 675 g/mol. The second kappa shape index (κ2) is 13.3. The van der Waals surface area contributed by atoms with Crippen LogP contribution in [0.25, 0.3) is 33.4 Å². The van der Waals surface area contributed by atoms with Crippen LogP contribution in [0, 0.1) is 34.6 Å². The zero-order valence-electron chi connectivity index (χ0n) is 32.6. The van der Waals surface area contributed by atoms with Crippen LogP contribution in [0.1, 0.15) is 27.8 Å². The fourth-order valence-electron chi connectivity index (χ4n) is 8.94. The van der Waals surface area contributed by atoms with E-state index in [0.29, 0.717) is 0 Å². The zero-order valence-corrected chi connectivity index (χ0v) is 32.6. The van der Waals surface area contributed by atoms with Gasteiger partial charge in [0.2, 0.25) is 0 Å². The maximum absolute atomic E-state index is 2.56. The average molecular weight is 719 g/mol. The van der Waals surface area contributed by atoms with Gasteiger partial charge in [-0.25, -0.2) is 0 Å². The summed E-state index contributed by atoms with van der Waals surface area (Å²) in [4.78, 5) is 5.08. The molecule has 0 unspecified atom stereocenters. The molecular formula is C53H43BN2. The average Bonchev–Trinajstić information content (AvgIpc) is 3.22. The molecule has 2 nitrogen and oxygen atoms in total. The summed E-state index contributed by atoms with van der Waals surface area (Å²) in [6.07, 6.45) is 0. The Morgan fingerprint density at radius 2 is 0.768 bits per heavy atom. The van der Waals surface area contributed by atoms with Gasteiger partial charge >= 0.3 is 0 Å². The molecule has 0 amide bonds. The number of benzene rings is 8. The molecule has 0 N–H and O–H groups in total. The smallest absolute Gasteiger partial charge is 0.252 e. The first-order valence-corrected chi connectivity index (χ1v) is 19.7. The van der Waals surface area contributed by atoms with Gasteiger partial charge in [-0.3, -0.25) is 0 Å². The van der Waals surface area contributed by atoms with Crippen molar-refractivity contribution in [3.05, 3.63) is 198 Å². The van der Waals surface area contributed by atoms with Gasteiger partial charge < -0.3 is 9.80 Å². The van der Waals surface area contributed by atoms with E-state index in [1.165, 1.54) is 106 Å². The normalized spacial score (nSPS) is 12.6. The molecule has 0 radical (unpaired) electrons. The Balaban J connectivity index is 1.30. The second-order valence-electron chi connectivity index (χ2n) is 15.8. The third-order valence-corrected chi connectivity index (χ3v) is 11.7. The lowest BCUT2D eigenvalue weighted by Gasteiger charge is -2.45. The van der Waals surface area contributed by atoms with E-state index in [4.69, 9.17) is 0 Å². The summed E-state index contributed by atoms with van der Waals surface area (Å²) in [6.45, 7) is 11.0. The standard InChI is InChI=1S/C53H43BN2/c1-34-11-18-42(19-12-34)45-29-36(3)15-26-48(45)56-50-28-17-38(5)31-47(50)54-46-30-37(4)16-27-49(46)55(44-24-13-35(2)14-25-44)51-32-43(33-52(56)53(51)54)41-22-20-40(21-23-41)39-9-7-6-8-10-39/h6-33H,1-5H3. The molecule has 0 fully saturated rings. The van der Waals surface area contributed by atoms with Crippen molar-refractivity contribution in [2.75, 3.05) is 9.80 Å². The van der Waals surface area contributed by atoms with E-state index in [-0.39, 0.29) is 6.71 Å². The first-order chi connectivity index (χ1) is 27.3. The molecule has 10 rings (SSSR count). The molecule has 0 spiro atoms. The Hall–Kier alpha value is -6.58. The Kier molecular flexibility index (Phi) is 8.08. The van der Waals surface area contributed by atoms with Crippen LogP contribution in [0.2, 0.25) is 0 Å². The molecule has 0 saturated carbocycles. The molecule has 0 aliphatic carbocycles. The van der Waals surface area contributed by atoms with Gasteiger partial charge in [0.15, 0.2) is 0 Å². The van der Waals surface area contributed by atoms with Gasteiger partial charge in [-0.2, -0.15) is 0 Å². The number of aryl methyl sites for hydroxylation is 5. The highest BCUT2D eigenvalue weighted by atomic mass is 15.2. The summed E-state index contributed by atoms with van der Waals surface area (Å²) in [5, 5.41) is 0. The van der Waals surface area contributed by atoms with E-state index in [1.807, 2.05) is 0 Å². The van der Waals surface area contributed by atoms with Gasteiger partial charge in [-0.1, -0.05) is 149 Å². The predicted molar refractivity (Wildman–Crippen MR) is 240 cm³/mol. The first-order valence-electron chi connectivity index (χ1n) is 19.7. The third-order valence-electron chi connectivity index (χ3n) is 11.7. The lowest BCUT2D eigenvalue weighted by molar-refractivity contribution is 1.24. The summed E-state index contributed by atoms with van der Waals surface area (Å²) in [7, 11) is 0. The van der Waals surface area contributed by atoms with E-state index in [9.17, 15) is 0 Å². The van der Waals surface area contributed by atoms with Crippen LogP contribution in [-0.2, 0) is 0 Å². The SMILES string of the molecule is Cc1ccc(-c2cc(C)ccc2N2c3ccc(C)cc3B3c4cc(C)ccc4N(c4ccc(C)cc4)c4cc(-c5ccc(-c6ccccc6)cc5)cc2c43)cc1. The largest absolute Gasteiger partial charge is 0.311 e. The highest BCUT2D eigenvalue weighted by molar-refractivity contribution is 7.00. The van der Waals surface area contributed by atoms with Gasteiger partial charge in [0.25, 0.3) is 6.71 Å². The first kappa shape index (κ1) is 34.0. The van der Waals surface area contributed by atoms with Crippen LogP contribution < -0.4 is 26.2 Å². The van der Waals surface area contributed by atoms with Gasteiger partial charge in [0.1, 0.15) is 0 Å². The maximum Gasteiger partial charge on any atom is 0.252 e. The van der Waals surface area contributed by atoms with Crippen LogP contribution in [0.3, 0.4) is 0 Å². The molecule has 0 bridgehead atoms. The zero-order chi connectivity index (χ0) is 38.1. The summed E-state index contributed by atoms with van der Waals surface area (Å²) in [5.41, 5.74) is 24.8. The topological polar surface area (TPSA) is 6.48 Å². The van der Waals surface area contributed by atoms with Crippen LogP contribution in [-0.4, -0.2) is 6.71 Å². The fourth-order valence-corrected chi connectivity index (χ4v) is 8.94. The van der Waals surface area contributed by atoms with Crippen molar-refractivity contribution in [3.63, 3.8) is 0 Å². The van der Waals surface area contributed by atoms with Crippen molar-refractivity contribution >= 4 is 57.2 Å². The number of hydrogen-bond donors (Lipinski definition) is 0. The van der Waals surface area contributed by atoms with Crippen molar-refractivity contribution in [2.45, 2.75) is 34.6 Å². The monoisotopic (exact) mass is 718 g/mol. The van der Waals surface area contributed by atoms with Crippen molar-refractivity contribution in [1.29, 1.82) is 0 Å². The van der Waals surface area contributed by atoms with Crippen molar-refractivity contribution < 1.29 is 0 Å². The molecule has 0 saturated heterocycles. The van der Waals surface area contributed by atoms with Crippen molar-refractivity contribution in [3.8, 4) is 33.4 Å². The summed E-state index contributed by atoms with van der Waals surface area (Å²) in [5.74, 6) is 0. The quantitative estimate of drug-likeness (QED) is 0.164. The lowest BCUT2D eigenvalue weighted by atomic mass is 9.33. The third kappa shape index (κ3) is 5.66. The van der Waals surface area contributed by atoms with Gasteiger partial charge in [-0.05, 0) is 127 Å². The number of hydrogen-bond acceptors (Lipinski definition) is 2. The molecule has 0 atom stereocenters. The Morgan fingerprint density at radius 1 is 0.321 bits per heavy atom. The highest BCUT2D eigenvalue weighted by Crippen LogP contribution is 2.48. The number of rotatable bonds is 5. The minimum Gasteiger partial charge on any atom is -0.311 e. The number of nitrogens with zero attached hydrogens (tertiary/aromatic N) is 2. The van der Waals surface area contributed by atoms with E-state index in [0.717, 1.165) is 5.69 Å². The molecule has 268 valence electrons. The Labute approximate surface area is 331 Å². The van der Waals surface area contributed by atoms with Gasteiger partial charge in [0.05, 0.1) is 5.69 Å². The summed E-state index contributed by atoms with van der Waals surface area (Å²) >= 11 is 0. The molecule has 3 heteroatoms. The van der Waals surface area contributed by atoms with E-state index < -0.39 is 0 Å². The van der Waals surface area contributed by atoms with E-state index in [2.05, 4.69) is 214 Å². The fraction of sp³-hybridized carbons (Fsp3) is 0.0943. The molecule has 8 aromatic carbocycles. The number of fused-ring (bicyclic) bond motifs is 4. The van der Waals surface area contributed by atoms with Crippen LogP contribution in [0.15, 0.2) is 170 Å².